The molecule has 0 N–H and O–H groups in total. The van der Waals surface area contributed by atoms with Crippen LogP contribution in [0.15, 0.2) is 42.1 Å². The monoisotopic (exact) mass is 420 g/mol. The molecule has 0 unspecified atom stereocenters. The van der Waals surface area contributed by atoms with E-state index in [0.29, 0.717) is 34.1 Å². The van der Waals surface area contributed by atoms with Crippen LogP contribution in [0.3, 0.4) is 0 Å². The fourth-order valence-electron chi connectivity index (χ4n) is 3.06. The Labute approximate surface area is 174 Å². The average molecular weight is 421 g/mol. The van der Waals surface area contributed by atoms with E-state index >= 15 is 0 Å². The maximum absolute atomic E-state index is 12.5. The molecule has 1 amide bonds. The molecule has 1 aliphatic rings. The number of thioether (sulfide) groups is 1. The summed E-state index contributed by atoms with van der Waals surface area (Å²) in [5, 5.41) is 9.86. The summed E-state index contributed by atoms with van der Waals surface area (Å²) < 4.78 is 7.72. The Kier molecular flexibility index (Phi) is 7.80. The van der Waals surface area contributed by atoms with Gasteiger partial charge < -0.3 is 9.64 Å². The molecule has 0 saturated carbocycles. The third kappa shape index (κ3) is 5.75. The number of likely N-dealkylation sites (tertiary alicyclic amines) is 1. The third-order valence-corrected chi connectivity index (χ3v) is 5.77. The van der Waals surface area contributed by atoms with Crippen LogP contribution in [-0.4, -0.2) is 44.4 Å². The molecule has 2 aromatic rings. The zero-order chi connectivity index (χ0) is 19.8. The van der Waals surface area contributed by atoms with Gasteiger partial charge in [0.15, 0.2) is 11.0 Å². The summed E-state index contributed by atoms with van der Waals surface area (Å²) in [5.41, 5.74) is 0. The number of ether oxygens (including phenoxy) is 1. The van der Waals surface area contributed by atoms with Gasteiger partial charge >= 0.3 is 0 Å². The predicted octanol–water partition coefficient (Wildman–Crippen LogP) is 4.19. The molecule has 3 rings (SSSR count). The van der Waals surface area contributed by atoms with Gasteiger partial charge in [0, 0.05) is 24.7 Å². The lowest BCUT2D eigenvalue weighted by Crippen LogP contribution is -2.33. The number of nitrogens with zero attached hydrogens (tertiary/aromatic N) is 4. The van der Waals surface area contributed by atoms with E-state index in [4.69, 9.17) is 16.3 Å². The Morgan fingerprint density at radius 1 is 1.18 bits per heavy atom. The zero-order valence-corrected chi connectivity index (χ0v) is 17.4. The third-order valence-electron chi connectivity index (χ3n) is 4.57. The molecule has 0 spiro atoms. The van der Waals surface area contributed by atoms with Crippen molar-refractivity contribution in [3.05, 3.63) is 47.8 Å². The minimum atomic E-state index is 0.166. The standard InChI is InChI=1S/C20H25ClN4O2S/c1-2-11-25-18(14-27-17-9-7-16(21)8-10-17)22-23-20(25)28-15-19(26)24-12-5-3-4-6-13-24/h2,7-10H,1,3-6,11-15H2. The number of hydrogen-bond donors (Lipinski definition) is 0. The van der Waals surface area contributed by atoms with Crippen LogP contribution in [0, 0.1) is 0 Å². The summed E-state index contributed by atoms with van der Waals surface area (Å²) in [6, 6.07) is 7.18. The Hall–Kier alpha value is -1.99. The Morgan fingerprint density at radius 3 is 2.57 bits per heavy atom. The largest absolute Gasteiger partial charge is 0.486 e. The first-order chi connectivity index (χ1) is 13.7. The van der Waals surface area contributed by atoms with Crippen molar-refractivity contribution >= 4 is 29.3 Å². The van der Waals surface area contributed by atoms with Crippen molar-refractivity contribution in [3.8, 4) is 5.75 Å². The lowest BCUT2D eigenvalue weighted by Gasteiger charge is -2.19. The van der Waals surface area contributed by atoms with Crippen LogP contribution in [0.5, 0.6) is 5.75 Å². The summed E-state index contributed by atoms with van der Waals surface area (Å²) >= 11 is 7.31. The van der Waals surface area contributed by atoms with Crippen LogP contribution in [0.2, 0.25) is 5.02 Å². The number of rotatable bonds is 8. The smallest absolute Gasteiger partial charge is 0.233 e. The Morgan fingerprint density at radius 2 is 1.89 bits per heavy atom. The minimum absolute atomic E-state index is 0.166. The number of amides is 1. The Balaban J connectivity index is 1.60. The second-order valence-electron chi connectivity index (χ2n) is 6.62. The van der Waals surface area contributed by atoms with Crippen molar-refractivity contribution in [1.29, 1.82) is 0 Å². The summed E-state index contributed by atoms with van der Waals surface area (Å²) in [7, 11) is 0. The van der Waals surface area contributed by atoms with Gasteiger partial charge in [-0.1, -0.05) is 42.3 Å². The summed E-state index contributed by atoms with van der Waals surface area (Å²) in [5.74, 6) is 1.94. The van der Waals surface area contributed by atoms with Gasteiger partial charge in [-0.25, -0.2) is 0 Å². The number of halogens is 1. The quantitative estimate of drug-likeness (QED) is 0.473. The normalized spacial score (nSPS) is 14.5. The number of carbonyl (C=O) groups excluding carboxylic acids is 1. The van der Waals surface area contributed by atoms with Crippen molar-refractivity contribution in [2.45, 2.75) is 44.0 Å². The van der Waals surface area contributed by atoms with E-state index in [9.17, 15) is 4.79 Å². The number of hydrogen-bond acceptors (Lipinski definition) is 5. The highest BCUT2D eigenvalue weighted by Crippen LogP contribution is 2.21. The van der Waals surface area contributed by atoms with Crippen LogP contribution in [-0.2, 0) is 17.9 Å². The van der Waals surface area contributed by atoms with Gasteiger partial charge in [-0.15, -0.1) is 16.8 Å². The van der Waals surface area contributed by atoms with E-state index in [2.05, 4.69) is 16.8 Å². The molecule has 1 aromatic carbocycles. The van der Waals surface area contributed by atoms with E-state index < -0.39 is 0 Å². The molecule has 1 fully saturated rings. The predicted molar refractivity (Wildman–Crippen MR) is 112 cm³/mol. The van der Waals surface area contributed by atoms with Gasteiger partial charge in [0.25, 0.3) is 0 Å². The number of aromatic nitrogens is 3. The van der Waals surface area contributed by atoms with E-state index in [1.54, 1.807) is 18.2 Å². The van der Waals surface area contributed by atoms with Gasteiger partial charge in [-0.3, -0.25) is 9.36 Å². The molecule has 28 heavy (non-hydrogen) atoms. The fraction of sp³-hybridized carbons (Fsp3) is 0.450. The SMILES string of the molecule is C=CCn1c(COc2ccc(Cl)cc2)nnc1SCC(=O)N1CCCCCC1. The molecular formula is C20H25ClN4O2S. The van der Waals surface area contributed by atoms with Crippen molar-refractivity contribution in [3.63, 3.8) is 0 Å². The molecule has 1 saturated heterocycles. The van der Waals surface area contributed by atoms with Gasteiger partial charge in [-0.2, -0.15) is 0 Å². The second kappa shape index (κ2) is 10.5. The van der Waals surface area contributed by atoms with Crippen molar-refractivity contribution in [2.24, 2.45) is 0 Å². The molecular weight excluding hydrogens is 396 g/mol. The summed E-state index contributed by atoms with van der Waals surface area (Å²) in [6.45, 7) is 6.37. The molecule has 150 valence electrons. The number of allylic oxidation sites excluding steroid dienone is 1. The second-order valence-corrected chi connectivity index (χ2v) is 8.00. The van der Waals surface area contributed by atoms with Crippen molar-refractivity contribution < 1.29 is 9.53 Å². The molecule has 0 radical (unpaired) electrons. The van der Waals surface area contributed by atoms with Crippen LogP contribution < -0.4 is 4.74 Å². The van der Waals surface area contributed by atoms with Crippen LogP contribution in [0.4, 0.5) is 0 Å². The molecule has 8 heteroatoms. The van der Waals surface area contributed by atoms with Crippen molar-refractivity contribution in [1.82, 2.24) is 19.7 Å². The van der Waals surface area contributed by atoms with E-state index in [1.807, 2.05) is 21.6 Å². The molecule has 1 aliphatic heterocycles. The first-order valence-electron chi connectivity index (χ1n) is 9.49. The van der Waals surface area contributed by atoms with Crippen LogP contribution in [0.1, 0.15) is 31.5 Å². The van der Waals surface area contributed by atoms with E-state index in [-0.39, 0.29) is 12.5 Å². The van der Waals surface area contributed by atoms with Crippen LogP contribution in [0.25, 0.3) is 0 Å². The fourth-order valence-corrected chi connectivity index (χ4v) is 4.06. The first kappa shape index (κ1) is 20.7. The maximum atomic E-state index is 12.5. The molecule has 0 aliphatic carbocycles. The van der Waals surface area contributed by atoms with Crippen molar-refractivity contribution in [2.75, 3.05) is 18.8 Å². The Bertz CT molecular complexity index is 786. The first-order valence-corrected chi connectivity index (χ1v) is 10.9. The molecule has 1 aromatic heterocycles. The summed E-state index contributed by atoms with van der Waals surface area (Å²) in [6.07, 6.45) is 6.39. The van der Waals surface area contributed by atoms with Gasteiger partial charge in [0.2, 0.25) is 5.91 Å². The van der Waals surface area contributed by atoms with Gasteiger partial charge in [-0.05, 0) is 37.1 Å². The average Bonchev–Trinajstić information content (AvgIpc) is 2.90. The lowest BCUT2D eigenvalue weighted by molar-refractivity contribution is -0.128. The minimum Gasteiger partial charge on any atom is -0.486 e. The number of carbonyl (C=O) groups is 1. The van der Waals surface area contributed by atoms with Crippen LogP contribution >= 0.6 is 23.4 Å². The highest BCUT2D eigenvalue weighted by atomic mass is 35.5. The van der Waals surface area contributed by atoms with Gasteiger partial charge in [0.05, 0.1) is 5.75 Å². The molecule has 6 nitrogen and oxygen atoms in total. The molecule has 0 atom stereocenters. The van der Waals surface area contributed by atoms with Gasteiger partial charge in [0.1, 0.15) is 12.4 Å². The van der Waals surface area contributed by atoms with E-state index in [0.717, 1.165) is 25.9 Å². The topological polar surface area (TPSA) is 60.2 Å². The maximum Gasteiger partial charge on any atom is 0.233 e. The molecule has 2 heterocycles. The molecule has 0 bridgehead atoms. The zero-order valence-electron chi connectivity index (χ0n) is 15.8. The highest BCUT2D eigenvalue weighted by Gasteiger charge is 2.18. The highest BCUT2D eigenvalue weighted by molar-refractivity contribution is 7.99. The summed E-state index contributed by atoms with van der Waals surface area (Å²) in [4.78, 5) is 14.5. The van der Waals surface area contributed by atoms with E-state index in [1.165, 1.54) is 24.6 Å². The number of benzene rings is 1. The lowest BCUT2D eigenvalue weighted by atomic mass is 10.2.